The summed E-state index contributed by atoms with van der Waals surface area (Å²) in [6, 6.07) is 12.1. The number of hydrogen-bond acceptors (Lipinski definition) is 3. The molecule has 7 nitrogen and oxygen atoms in total. The van der Waals surface area contributed by atoms with E-state index in [1.165, 1.54) is 0 Å². The Hall–Kier alpha value is -3.22. The van der Waals surface area contributed by atoms with Gasteiger partial charge in [0.1, 0.15) is 5.69 Å². The second-order valence-corrected chi connectivity index (χ2v) is 8.91. The Balaban J connectivity index is 1.86. The highest BCUT2D eigenvalue weighted by Gasteiger charge is 2.60. The van der Waals surface area contributed by atoms with Gasteiger partial charge in [-0.1, -0.05) is 60.7 Å². The molecule has 29 heavy (non-hydrogen) atoms. The first kappa shape index (κ1) is 17.8. The molecule has 2 aliphatic rings. The van der Waals surface area contributed by atoms with E-state index in [0.29, 0.717) is 18.8 Å². The number of piperazine rings is 1. The molecule has 2 amide bonds. The molecule has 5 rings (SSSR count). The molecule has 1 fully saturated rings. The van der Waals surface area contributed by atoms with Crippen LogP contribution in [0, 0.1) is 0 Å². The normalized spacial score (nSPS) is 21.3. The topological polar surface area (TPSA) is 70.6 Å². The van der Waals surface area contributed by atoms with Crippen LogP contribution in [0.4, 0.5) is 0 Å². The lowest BCUT2D eigenvalue weighted by Crippen LogP contribution is -2.71. The number of benzene rings is 1. The van der Waals surface area contributed by atoms with Gasteiger partial charge in [0.2, 0.25) is 5.69 Å². The van der Waals surface area contributed by atoms with Crippen molar-refractivity contribution in [3.63, 3.8) is 0 Å². The molecule has 2 aliphatic heterocycles. The highest BCUT2D eigenvalue weighted by Crippen LogP contribution is 2.34. The molecule has 2 aromatic heterocycles. The monoisotopic (exact) mass is 390 g/mol. The van der Waals surface area contributed by atoms with Crippen molar-refractivity contribution in [1.82, 2.24) is 19.8 Å². The maximum absolute atomic E-state index is 13.2. The molecule has 1 unspecified atom stereocenters. The number of imidazole rings is 1. The Morgan fingerprint density at radius 2 is 1.90 bits per heavy atom. The van der Waals surface area contributed by atoms with Gasteiger partial charge in [0.05, 0.1) is 5.56 Å². The summed E-state index contributed by atoms with van der Waals surface area (Å²) in [5.74, 6) is -0.296. The fourth-order valence-electron chi connectivity index (χ4n) is 4.46. The van der Waals surface area contributed by atoms with Gasteiger partial charge in [-0.05, 0) is 11.5 Å². The van der Waals surface area contributed by atoms with Crippen LogP contribution in [0.3, 0.4) is 0 Å². The van der Waals surface area contributed by atoms with Gasteiger partial charge in [0, 0.05) is 25.6 Å². The highest BCUT2D eigenvalue weighted by atomic mass is 16.2. The molecule has 0 aliphatic carbocycles. The lowest BCUT2D eigenvalue weighted by Gasteiger charge is -2.35. The lowest BCUT2D eigenvalue weighted by molar-refractivity contribution is -0.732. The number of amides is 2. The third-order valence-electron chi connectivity index (χ3n) is 6.01. The summed E-state index contributed by atoms with van der Waals surface area (Å²) in [4.78, 5) is 27.8. The quantitative estimate of drug-likeness (QED) is 0.645. The average Bonchev–Trinajstić information content (AvgIpc) is 3.17. The minimum Gasteiger partial charge on any atom is -0.349 e. The van der Waals surface area contributed by atoms with Gasteiger partial charge in [0.15, 0.2) is 6.20 Å². The Morgan fingerprint density at radius 3 is 2.59 bits per heavy atom. The highest BCUT2D eigenvalue weighted by molar-refractivity contribution is 5.99. The smallest absolute Gasteiger partial charge is 0.314 e. The van der Waals surface area contributed by atoms with Crippen LogP contribution < -0.4 is 9.88 Å². The number of hydrogen-bond donors (Lipinski definition) is 1. The molecule has 0 saturated carbocycles. The zero-order valence-electron chi connectivity index (χ0n) is 17.1. The van der Waals surface area contributed by atoms with Crippen molar-refractivity contribution in [1.29, 1.82) is 0 Å². The summed E-state index contributed by atoms with van der Waals surface area (Å²) in [5, 5.41) is 7.73. The van der Waals surface area contributed by atoms with E-state index < -0.39 is 5.66 Å². The number of carbonyl (C=O) groups excluding carboxylic acids is 2. The molecule has 7 heteroatoms. The van der Waals surface area contributed by atoms with E-state index in [1.807, 2.05) is 41.8 Å². The Kier molecular flexibility index (Phi) is 3.48. The van der Waals surface area contributed by atoms with E-state index in [2.05, 4.69) is 32.2 Å². The van der Waals surface area contributed by atoms with E-state index in [9.17, 15) is 9.59 Å². The summed E-state index contributed by atoms with van der Waals surface area (Å²) in [7, 11) is 0. The number of carbonyl (C=O) groups is 2. The summed E-state index contributed by atoms with van der Waals surface area (Å²) in [6.45, 7) is 9.18. The Bertz CT molecular complexity index is 1180. The van der Waals surface area contributed by atoms with E-state index in [-0.39, 0.29) is 17.2 Å². The van der Waals surface area contributed by atoms with Crippen LogP contribution in [0.2, 0.25) is 0 Å². The van der Waals surface area contributed by atoms with E-state index in [1.54, 1.807) is 15.6 Å². The summed E-state index contributed by atoms with van der Waals surface area (Å²) in [5.41, 5.74) is 2.84. The van der Waals surface area contributed by atoms with Crippen molar-refractivity contribution in [2.45, 2.75) is 38.8 Å². The van der Waals surface area contributed by atoms with Crippen LogP contribution in [0.15, 0.2) is 42.6 Å². The summed E-state index contributed by atoms with van der Waals surface area (Å²) < 4.78 is 3.63. The van der Waals surface area contributed by atoms with Gasteiger partial charge in [-0.2, -0.15) is 4.57 Å². The molecule has 0 radical (unpaired) electrons. The van der Waals surface area contributed by atoms with E-state index >= 15 is 0 Å². The predicted octanol–water partition coefficient (Wildman–Crippen LogP) is 1.84. The van der Waals surface area contributed by atoms with Gasteiger partial charge in [-0.15, -0.1) is 0 Å². The molecule has 0 spiro atoms. The second kappa shape index (κ2) is 5.65. The maximum atomic E-state index is 13.2. The Morgan fingerprint density at radius 1 is 1.17 bits per heavy atom. The van der Waals surface area contributed by atoms with Crippen LogP contribution in [-0.2, 0) is 15.9 Å². The largest absolute Gasteiger partial charge is 0.349 e. The number of fused-ring (bicyclic) bond motifs is 5. The third kappa shape index (κ3) is 2.30. The fraction of sp³-hybridized carbons (Fsp3) is 0.364. The van der Waals surface area contributed by atoms with Crippen LogP contribution in [-0.4, -0.2) is 39.4 Å². The van der Waals surface area contributed by atoms with Gasteiger partial charge in [-0.3, -0.25) is 14.5 Å². The third-order valence-corrected chi connectivity index (χ3v) is 6.01. The van der Waals surface area contributed by atoms with Crippen molar-refractivity contribution in [2.24, 2.45) is 0 Å². The molecule has 1 saturated heterocycles. The number of nitrogens with zero attached hydrogens (tertiary/aromatic N) is 4. The minimum absolute atomic E-state index is 0.131. The number of aromatic nitrogens is 3. The molecule has 148 valence electrons. The molecular formula is C22H24N5O2+. The molecule has 4 heterocycles. The summed E-state index contributed by atoms with van der Waals surface area (Å²) in [6.07, 6.45) is 1.76. The SMILES string of the molecule is CC(C)(C)c1cc(-c2ccccc2)nn2cc3[n+](c12)C1(C)C(=O)NCCN1C3=O. The second-order valence-electron chi connectivity index (χ2n) is 8.91. The zero-order valence-corrected chi connectivity index (χ0v) is 17.1. The average molecular weight is 390 g/mol. The minimum atomic E-state index is -1.09. The molecule has 3 aromatic rings. The van der Waals surface area contributed by atoms with Gasteiger partial charge in [-0.25, -0.2) is 0 Å². The first-order valence-corrected chi connectivity index (χ1v) is 9.88. The maximum Gasteiger partial charge on any atom is 0.314 e. The van der Waals surface area contributed by atoms with Crippen molar-refractivity contribution in [3.8, 4) is 11.3 Å². The van der Waals surface area contributed by atoms with Crippen LogP contribution in [0.1, 0.15) is 43.7 Å². The lowest BCUT2D eigenvalue weighted by atomic mass is 9.87. The van der Waals surface area contributed by atoms with Crippen LogP contribution >= 0.6 is 0 Å². The van der Waals surface area contributed by atoms with Gasteiger partial charge in [0.25, 0.3) is 11.6 Å². The fourth-order valence-corrected chi connectivity index (χ4v) is 4.46. The van der Waals surface area contributed by atoms with Crippen molar-refractivity contribution in [3.05, 3.63) is 53.9 Å². The Labute approximate surface area is 168 Å². The van der Waals surface area contributed by atoms with E-state index in [0.717, 1.165) is 22.5 Å². The van der Waals surface area contributed by atoms with Gasteiger partial charge >= 0.3 is 11.6 Å². The molecule has 1 N–H and O–H groups in total. The standard InChI is InChI=1S/C22H23N5O2/c1-21(2,3)15-12-16(14-8-6-5-7-9-14)24-26-13-17-19(28)25-11-10-23-20(29)22(25,4)27(17)18(15)26/h5-9,12-13H,10-11H2,1-4H3/p+1. The summed E-state index contributed by atoms with van der Waals surface area (Å²) >= 11 is 0. The van der Waals surface area contributed by atoms with Gasteiger partial charge < -0.3 is 5.32 Å². The first-order valence-electron chi connectivity index (χ1n) is 9.88. The molecule has 1 atom stereocenters. The number of nitrogens with one attached hydrogen (secondary N) is 1. The van der Waals surface area contributed by atoms with Crippen LogP contribution in [0.25, 0.3) is 16.9 Å². The predicted molar refractivity (Wildman–Crippen MR) is 107 cm³/mol. The van der Waals surface area contributed by atoms with Crippen molar-refractivity contribution < 1.29 is 14.2 Å². The van der Waals surface area contributed by atoms with Crippen molar-refractivity contribution in [2.75, 3.05) is 13.1 Å². The molecule has 0 bridgehead atoms. The zero-order chi connectivity index (χ0) is 20.6. The van der Waals surface area contributed by atoms with Crippen molar-refractivity contribution >= 4 is 17.5 Å². The van der Waals surface area contributed by atoms with E-state index in [4.69, 9.17) is 5.10 Å². The molecule has 1 aromatic carbocycles. The first-order chi connectivity index (χ1) is 13.7. The number of rotatable bonds is 1. The van der Waals surface area contributed by atoms with Crippen LogP contribution in [0.5, 0.6) is 0 Å². The molecular weight excluding hydrogens is 366 g/mol.